The molecule has 0 heterocycles. The van der Waals surface area contributed by atoms with Crippen LogP contribution in [0.15, 0.2) is 30.3 Å². The second-order valence-electron chi connectivity index (χ2n) is 8.66. The standard InChI is InChI=1S/C27H29I3N4O8/c1-3-41-27(40)16(11-7-8-12-31)33-25(38)19-20(28)23(32-14(2)35)22(30)24(21(19)29)34-17(36)13-18(37)42-26(39)15-9-5-4-6-10-15/h4-6,9-10,16H,3,7-8,11-13,31H2,1-2H3,(H,32,35)(H,33,38)(H,34,36)/t16-/m0/s1. The first kappa shape index (κ1) is 35.8. The highest BCUT2D eigenvalue weighted by Gasteiger charge is 2.30. The SMILES string of the molecule is CCOC(=O)[C@H](CCCCN)NC(=O)c1c(I)c(NC(C)=O)c(I)c(NC(=O)CC(=O)OC(=O)c2ccccc2)c1I. The van der Waals surface area contributed by atoms with E-state index in [0.717, 1.165) is 0 Å². The number of amides is 3. The summed E-state index contributed by atoms with van der Waals surface area (Å²) in [6.45, 7) is 3.50. The number of anilines is 2. The van der Waals surface area contributed by atoms with Gasteiger partial charge in [-0.2, -0.15) is 0 Å². The van der Waals surface area contributed by atoms with Gasteiger partial charge in [-0.15, -0.1) is 0 Å². The summed E-state index contributed by atoms with van der Waals surface area (Å²) in [5, 5.41) is 7.97. The smallest absolute Gasteiger partial charge is 0.345 e. The maximum atomic E-state index is 13.6. The summed E-state index contributed by atoms with van der Waals surface area (Å²) >= 11 is 5.67. The summed E-state index contributed by atoms with van der Waals surface area (Å²) in [7, 11) is 0. The lowest BCUT2D eigenvalue weighted by molar-refractivity contribution is -0.145. The molecule has 42 heavy (non-hydrogen) atoms. The Morgan fingerprint density at radius 1 is 0.905 bits per heavy atom. The number of ether oxygens (including phenoxy) is 2. The second kappa shape index (κ2) is 17.7. The minimum Gasteiger partial charge on any atom is -0.464 e. The van der Waals surface area contributed by atoms with E-state index in [1.807, 2.05) is 67.8 Å². The summed E-state index contributed by atoms with van der Waals surface area (Å²) in [5.74, 6) is -4.46. The molecule has 0 fully saturated rings. The number of benzene rings is 2. The number of nitrogens with two attached hydrogens (primary N) is 1. The van der Waals surface area contributed by atoms with Crippen LogP contribution < -0.4 is 21.7 Å². The van der Waals surface area contributed by atoms with Gasteiger partial charge in [0.15, 0.2) is 0 Å². The van der Waals surface area contributed by atoms with Gasteiger partial charge in [0.05, 0.1) is 39.8 Å². The Morgan fingerprint density at radius 3 is 2.10 bits per heavy atom. The van der Waals surface area contributed by atoms with Gasteiger partial charge in [-0.3, -0.25) is 19.2 Å². The lowest BCUT2D eigenvalue weighted by Gasteiger charge is -2.22. The Kier molecular flexibility index (Phi) is 15.1. The monoisotopic (exact) mass is 918 g/mol. The molecule has 0 radical (unpaired) electrons. The first-order valence-corrected chi connectivity index (χ1v) is 15.9. The van der Waals surface area contributed by atoms with Crippen molar-refractivity contribution in [3.8, 4) is 0 Å². The van der Waals surface area contributed by atoms with Crippen LogP contribution in [0.3, 0.4) is 0 Å². The average Bonchev–Trinajstić information content (AvgIpc) is 2.93. The molecule has 0 aliphatic rings. The molecule has 0 unspecified atom stereocenters. The molecule has 0 aromatic heterocycles. The molecule has 2 aromatic carbocycles. The van der Waals surface area contributed by atoms with Crippen molar-refractivity contribution < 1.29 is 38.2 Å². The van der Waals surface area contributed by atoms with Crippen LogP contribution in [0.5, 0.6) is 0 Å². The van der Waals surface area contributed by atoms with E-state index in [1.165, 1.54) is 19.1 Å². The first-order chi connectivity index (χ1) is 19.9. The highest BCUT2D eigenvalue weighted by molar-refractivity contribution is 14.1. The van der Waals surface area contributed by atoms with E-state index >= 15 is 0 Å². The van der Waals surface area contributed by atoms with Crippen molar-refractivity contribution in [2.75, 3.05) is 23.8 Å². The molecule has 0 aliphatic heterocycles. The van der Waals surface area contributed by atoms with E-state index in [2.05, 4.69) is 16.0 Å². The van der Waals surface area contributed by atoms with E-state index in [1.54, 1.807) is 25.1 Å². The lowest BCUT2D eigenvalue weighted by Crippen LogP contribution is -2.42. The quantitative estimate of drug-likeness (QED) is 0.100. The van der Waals surface area contributed by atoms with Crippen LogP contribution in [0.25, 0.3) is 0 Å². The lowest BCUT2D eigenvalue weighted by atomic mass is 10.1. The number of halogens is 3. The van der Waals surface area contributed by atoms with Crippen molar-refractivity contribution in [1.82, 2.24) is 5.32 Å². The van der Waals surface area contributed by atoms with Crippen LogP contribution in [0.2, 0.25) is 0 Å². The minimum atomic E-state index is -1.08. The Labute approximate surface area is 283 Å². The topological polar surface area (TPSA) is 183 Å². The first-order valence-electron chi connectivity index (χ1n) is 12.7. The van der Waals surface area contributed by atoms with E-state index in [0.29, 0.717) is 36.5 Å². The van der Waals surface area contributed by atoms with Crippen LogP contribution in [0.4, 0.5) is 11.4 Å². The summed E-state index contributed by atoms with van der Waals surface area (Å²) in [6, 6.07) is 6.88. The van der Waals surface area contributed by atoms with Gasteiger partial charge in [-0.05, 0) is 113 Å². The highest BCUT2D eigenvalue weighted by Crippen LogP contribution is 2.39. The highest BCUT2D eigenvalue weighted by atomic mass is 127. The molecular formula is C27H29I3N4O8. The number of rotatable bonds is 13. The van der Waals surface area contributed by atoms with Gasteiger partial charge in [0.1, 0.15) is 12.5 Å². The number of carbonyl (C=O) groups is 6. The number of nitrogens with one attached hydrogen (secondary N) is 3. The number of carbonyl (C=O) groups excluding carboxylic acids is 6. The van der Waals surface area contributed by atoms with Crippen molar-refractivity contribution in [1.29, 1.82) is 0 Å². The molecule has 3 amide bonds. The fourth-order valence-corrected chi connectivity index (χ4v) is 7.76. The van der Waals surface area contributed by atoms with Crippen molar-refractivity contribution in [2.45, 2.75) is 45.6 Å². The maximum absolute atomic E-state index is 13.6. The minimum absolute atomic E-state index is 0.0885. The Morgan fingerprint density at radius 2 is 1.52 bits per heavy atom. The molecule has 0 aliphatic carbocycles. The summed E-state index contributed by atoms with van der Waals surface area (Å²) in [5.41, 5.74) is 6.20. The fourth-order valence-electron chi connectivity index (χ4n) is 3.56. The zero-order chi connectivity index (χ0) is 31.4. The van der Waals surface area contributed by atoms with E-state index < -0.39 is 48.1 Å². The largest absolute Gasteiger partial charge is 0.464 e. The predicted molar refractivity (Wildman–Crippen MR) is 180 cm³/mol. The van der Waals surface area contributed by atoms with Gasteiger partial charge in [-0.25, -0.2) is 9.59 Å². The van der Waals surface area contributed by atoms with Gasteiger partial charge in [0, 0.05) is 6.92 Å². The molecule has 0 saturated heterocycles. The second-order valence-corrected chi connectivity index (χ2v) is 11.9. The molecule has 0 spiro atoms. The number of esters is 3. The van der Waals surface area contributed by atoms with Gasteiger partial charge >= 0.3 is 17.9 Å². The number of unbranched alkanes of at least 4 members (excludes halogenated alkanes) is 1. The average molecular weight is 918 g/mol. The third-order valence-electron chi connectivity index (χ3n) is 5.45. The summed E-state index contributed by atoms with van der Waals surface area (Å²) < 4.78 is 10.9. The van der Waals surface area contributed by atoms with E-state index in [-0.39, 0.29) is 29.1 Å². The third kappa shape index (κ3) is 10.4. The van der Waals surface area contributed by atoms with Gasteiger partial charge < -0.3 is 31.2 Å². The Bertz CT molecular complexity index is 1350. The fraction of sp³-hybridized carbons (Fsp3) is 0.333. The third-order valence-corrected chi connectivity index (χ3v) is 8.69. The van der Waals surface area contributed by atoms with Crippen molar-refractivity contribution in [3.05, 3.63) is 52.2 Å². The number of hydrogen-bond donors (Lipinski definition) is 4. The Balaban J connectivity index is 2.37. The van der Waals surface area contributed by atoms with Gasteiger partial charge in [-0.1, -0.05) is 18.2 Å². The van der Waals surface area contributed by atoms with Crippen LogP contribution >= 0.6 is 67.8 Å². The van der Waals surface area contributed by atoms with E-state index in [4.69, 9.17) is 15.2 Å². The Hall–Kier alpha value is -2.39. The molecule has 2 aromatic rings. The van der Waals surface area contributed by atoms with E-state index in [9.17, 15) is 28.8 Å². The maximum Gasteiger partial charge on any atom is 0.345 e. The molecule has 12 nitrogen and oxygen atoms in total. The molecule has 1 atom stereocenters. The predicted octanol–water partition coefficient (Wildman–Crippen LogP) is 3.96. The molecule has 226 valence electrons. The van der Waals surface area contributed by atoms with Crippen LogP contribution in [0.1, 0.15) is 60.2 Å². The van der Waals surface area contributed by atoms with Crippen molar-refractivity contribution >= 4 is 115 Å². The van der Waals surface area contributed by atoms with Crippen LogP contribution in [-0.4, -0.2) is 54.8 Å². The zero-order valence-corrected chi connectivity index (χ0v) is 29.2. The summed E-state index contributed by atoms with van der Waals surface area (Å²) in [6.07, 6.45) is 0.722. The molecule has 0 bridgehead atoms. The molecule has 0 saturated carbocycles. The summed E-state index contributed by atoms with van der Waals surface area (Å²) in [4.78, 5) is 75.4. The van der Waals surface area contributed by atoms with Crippen molar-refractivity contribution in [3.63, 3.8) is 0 Å². The number of hydrogen-bond acceptors (Lipinski definition) is 9. The molecule has 5 N–H and O–H groups in total. The van der Waals surface area contributed by atoms with Gasteiger partial charge in [0.25, 0.3) is 5.91 Å². The van der Waals surface area contributed by atoms with Crippen LogP contribution in [0, 0.1) is 10.7 Å². The van der Waals surface area contributed by atoms with Gasteiger partial charge in [0.2, 0.25) is 11.8 Å². The molecule has 15 heteroatoms. The zero-order valence-electron chi connectivity index (χ0n) is 22.7. The molecule has 2 rings (SSSR count). The normalized spacial score (nSPS) is 11.2. The van der Waals surface area contributed by atoms with Crippen molar-refractivity contribution in [2.24, 2.45) is 5.73 Å². The molecular weight excluding hydrogens is 889 g/mol. The van der Waals surface area contributed by atoms with Crippen LogP contribution in [-0.2, 0) is 28.7 Å².